The summed E-state index contributed by atoms with van der Waals surface area (Å²) in [6, 6.07) is 17.3. The lowest BCUT2D eigenvalue weighted by Crippen LogP contribution is -2.08. The molecule has 2 aromatic carbocycles. The number of rotatable bonds is 3. The molecule has 0 saturated carbocycles. The maximum Gasteiger partial charge on any atom is 0.198 e. The van der Waals surface area contributed by atoms with Crippen LogP contribution in [0.4, 0.5) is 0 Å². The lowest BCUT2D eigenvalue weighted by atomic mass is 10.0. The van der Waals surface area contributed by atoms with Crippen LogP contribution >= 0.6 is 0 Å². The van der Waals surface area contributed by atoms with Gasteiger partial charge in [0.25, 0.3) is 0 Å². The number of carbonyl (C=O) groups excluding carboxylic acids is 1. The van der Waals surface area contributed by atoms with Crippen LogP contribution in [-0.4, -0.2) is 27.3 Å². The first-order valence-electron chi connectivity index (χ1n) is 7.22. The van der Waals surface area contributed by atoms with E-state index in [1.165, 1.54) is 0 Å². The maximum absolute atomic E-state index is 12.8. The highest BCUT2D eigenvalue weighted by Gasteiger charge is 2.34. The molecule has 22 heavy (non-hydrogen) atoms. The second-order valence-electron chi connectivity index (χ2n) is 5.26. The van der Waals surface area contributed by atoms with E-state index in [2.05, 4.69) is 5.10 Å². The minimum Gasteiger partial charge on any atom is -0.394 e. The van der Waals surface area contributed by atoms with Crippen LogP contribution in [0.25, 0.3) is 22.5 Å². The van der Waals surface area contributed by atoms with E-state index in [1.54, 1.807) is 4.68 Å². The minimum absolute atomic E-state index is 0.00800. The summed E-state index contributed by atoms with van der Waals surface area (Å²) in [6.45, 7) is 0.350. The lowest BCUT2D eigenvalue weighted by Gasteiger charge is -2.08. The summed E-state index contributed by atoms with van der Waals surface area (Å²) in [5.41, 5.74) is 4.65. The monoisotopic (exact) mass is 290 g/mol. The van der Waals surface area contributed by atoms with Gasteiger partial charge >= 0.3 is 0 Å². The van der Waals surface area contributed by atoms with E-state index in [0.29, 0.717) is 23.4 Å². The third-order valence-electron chi connectivity index (χ3n) is 3.97. The van der Waals surface area contributed by atoms with Crippen LogP contribution in [0.1, 0.15) is 15.9 Å². The van der Waals surface area contributed by atoms with Crippen molar-refractivity contribution in [3.8, 4) is 22.5 Å². The molecule has 0 saturated heterocycles. The summed E-state index contributed by atoms with van der Waals surface area (Å²) in [5, 5.41) is 13.9. The molecule has 0 spiro atoms. The normalized spacial score (nSPS) is 12.3. The molecule has 0 aliphatic heterocycles. The standard InChI is InChI=1S/C18H14N2O2/c21-11-10-20-17(12-6-2-1-3-7-12)15-16(19-20)13-8-4-5-9-14(13)18(15)22/h1-9,21H,10-11H2. The fourth-order valence-electron chi connectivity index (χ4n) is 3.03. The molecule has 1 aliphatic carbocycles. The molecule has 0 unspecified atom stereocenters. The second kappa shape index (κ2) is 4.93. The van der Waals surface area contributed by atoms with E-state index in [0.717, 1.165) is 16.8 Å². The number of hydrogen-bond acceptors (Lipinski definition) is 3. The first-order chi connectivity index (χ1) is 10.8. The Morgan fingerprint density at radius 1 is 0.955 bits per heavy atom. The average molecular weight is 290 g/mol. The summed E-state index contributed by atoms with van der Waals surface area (Å²) >= 11 is 0. The van der Waals surface area contributed by atoms with Crippen molar-refractivity contribution in [3.63, 3.8) is 0 Å². The van der Waals surface area contributed by atoms with Gasteiger partial charge < -0.3 is 5.11 Å². The van der Waals surface area contributed by atoms with Gasteiger partial charge in [-0.15, -0.1) is 0 Å². The van der Waals surface area contributed by atoms with E-state index in [-0.39, 0.29) is 12.4 Å². The Hall–Kier alpha value is -2.72. The Morgan fingerprint density at radius 3 is 2.36 bits per heavy atom. The molecule has 4 nitrogen and oxygen atoms in total. The van der Waals surface area contributed by atoms with E-state index in [1.807, 2.05) is 54.6 Å². The Kier molecular flexibility index (Phi) is 2.91. The molecular formula is C18H14N2O2. The molecule has 0 bridgehead atoms. The Labute approximate surface area is 127 Å². The summed E-state index contributed by atoms with van der Waals surface area (Å²) < 4.78 is 1.73. The predicted octanol–water partition coefficient (Wildman–Crippen LogP) is 2.75. The molecule has 4 heteroatoms. The minimum atomic E-state index is -0.0176. The molecule has 4 rings (SSSR count). The molecular weight excluding hydrogens is 276 g/mol. The van der Waals surface area contributed by atoms with Crippen molar-refractivity contribution >= 4 is 5.78 Å². The average Bonchev–Trinajstić information content (AvgIpc) is 3.06. The molecule has 1 aromatic heterocycles. The van der Waals surface area contributed by atoms with E-state index < -0.39 is 0 Å². The van der Waals surface area contributed by atoms with Crippen molar-refractivity contribution in [2.45, 2.75) is 6.54 Å². The molecule has 0 radical (unpaired) electrons. The number of aliphatic hydroxyl groups excluding tert-OH is 1. The van der Waals surface area contributed by atoms with Crippen LogP contribution in [0.15, 0.2) is 54.6 Å². The highest BCUT2D eigenvalue weighted by molar-refractivity contribution is 6.23. The molecule has 0 atom stereocenters. The first kappa shape index (κ1) is 13.0. The van der Waals surface area contributed by atoms with Crippen LogP contribution in [0.3, 0.4) is 0 Å². The second-order valence-corrected chi connectivity index (χ2v) is 5.26. The summed E-state index contributed by atoms with van der Waals surface area (Å²) in [4.78, 5) is 12.8. The number of hydrogen-bond donors (Lipinski definition) is 1. The number of benzene rings is 2. The zero-order valence-corrected chi connectivity index (χ0v) is 11.9. The SMILES string of the molecule is O=C1c2ccccc2-c2nn(CCO)c(-c3ccccc3)c21. The van der Waals surface area contributed by atoms with Gasteiger partial charge in [0.2, 0.25) is 0 Å². The zero-order valence-electron chi connectivity index (χ0n) is 11.9. The molecule has 0 fully saturated rings. The van der Waals surface area contributed by atoms with E-state index in [4.69, 9.17) is 0 Å². The first-order valence-corrected chi connectivity index (χ1v) is 7.22. The molecule has 108 valence electrons. The maximum atomic E-state index is 12.8. The fraction of sp³-hybridized carbons (Fsp3) is 0.111. The predicted molar refractivity (Wildman–Crippen MR) is 83.6 cm³/mol. The summed E-state index contributed by atoms with van der Waals surface area (Å²) in [5.74, 6) is 0.00800. The third kappa shape index (κ3) is 1.74. The fourth-order valence-corrected chi connectivity index (χ4v) is 3.03. The highest BCUT2D eigenvalue weighted by Crippen LogP contribution is 2.41. The number of aliphatic hydroxyl groups is 1. The Bertz CT molecular complexity index is 866. The molecule has 0 amide bonds. The van der Waals surface area contributed by atoms with E-state index >= 15 is 0 Å². The van der Waals surface area contributed by atoms with Gasteiger partial charge in [-0.1, -0.05) is 54.6 Å². The van der Waals surface area contributed by atoms with Crippen molar-refractivity contribution < 1.29 is 9.90 Å². The number of ketones is 1. The lowest BCUT2D eigenvalue weighted by molar-refractivity contribution is 0.104. The van der Waals surface area contributed by atoms with Crippen LogP contribution in [0.5, 0.6) is 0 Å². The number of carbonyl (C=O) groups is 1. The van der Waals surface area contributed by atoms with Gasteiger partial charge in [0.15, 0.2) is 5.78 Å². The number of aromatic nitrogens is 2. The largest absolute Gasteiger partial charge is 0.394 e. The highest BCUT2D eigenvalue weighted by atomic mass is 16.3. The molecule has 1 N–H and O–H groups in total. The Balaban J connectivity index is 2.01. The number of fused-ring (bicyclic) bond motifs is 3. The van der Waals surface area contributed by atoms with Crippen LogP contribution in [0, 0.1) is 0 Å². The van der Waals surface area contributed by atoms with Gasteiger partial charge in [0, 0.05) is 16.7 Å². The van der Waals surface area contributed by atoms with Crippen molar-refractivity contribution in [2.24, 2.45) is 0 Å². The quantitative estimate of drug-likeness (QED) is 0.631. The topological polar surface area (TPSA) is 55.1 Å². The van der Waals surface area contributed by atoms with Gasteiger partial charge in [-0.05, 0) is 0 Å². The van der Waals surface area contributed by atoms with Crippen molar-refractivity contribution in [1.29, 1.82) is 0 Å². The summed E-state index contributed by atoms with van der Waals surface area (Å²) in [7, 11) is 0. The van der Waals surface area contributed by atoms with Crippen molar-refractivity contribution in [3.05, 3.63) is 65.7 Å². The van der Waals surface area contributed by atoms with Crippen LogP contribution in [-0.2, 0) is 6.54 Å². The molecule has 3 aromatic rings. The third-order valence-corrected chi connectivity index (χ3v) is 3.97. The van der Waals surface area contributed by atoms with Gasteiger partial charge in [0.1, 0.15) is 5.69 Å². The van der Waals surface area contributed by atoms with Gasteiger partial charge in [-0.2, -0.15) is 5.10 Å². The van der Waals surface area contributed by atoms with E-state index in [9.17, 15) is 9.90 Å². The van der Waals surface area contributed by atoms with Gasteiger partial charge in [-0.25, -0.2) is 0 Å². The van der Waals surface area contributed by atoms with Crippen LogP contribution in [0.2, 0.25) is 0 Å². The number of nitrogens with zero attached hydrogens (tertiary/aromatic N) is 2. The summed E-state index contributed by atoms with van der Waals surface area (Å²) in [6.07, 6.45) is 0. The van der Waals surface area contributed by atoms with Crippen molar-refractivity contribution in [2.75, 3.05) is 6.61 Å². The smallest absolute Gasteiger partial charge is 0.198 e. The van der Waals surface area contributed by atoms with Gasteiger partial charge in [0.05, 0.1) is 24.4 Å². The Morgan fingerprint density at radius 2 is 1.64 bits per heavy atom. The molecule has 1 aliphatic rings. The van der Waals surface area contributed by atoms with Crippen molar-refractivity contribution in [1.82, 2.24) is 9.78 Å². The van der Waals surface area contributed by atoms with Gasteiger partial charge in [-0.3, -0.25) is 9.48 Å². The van der Waals surface area contributed by atoms with Crippen LogP contribution < -0.4 is 0 Å². The zero-order chi connectivity index (χ0) is 15.1. The molecule has 1 heterocycles.